The third-order valence-corrected chi connectivity index (χ3v) is 3.04. The van der Waals surface area contributed by atoms with Gasteiger partial charge in [0.1, 0.15) is 0 Å². The van der Waals surface area contributed by atoms with Gasteiger partial charge in [-0.25, -0.2) is 0 Å². The lowest BCUT2D eigenvalue weighted by atomic mass is 10.1. The second-order valence-corrected chi connectivity index (χ2v) is 4.64. The standard InChI is InChI=1S/C10H23NS/c1-5-9(2)6-11-7-10(3)8-12-4/h9-11H,5-8H2,1-4H3. The molecule has 0 amide bonds. The van der Waals surface area contributed by atoms with Crippen molar-refractivity contribution in [2.45, 2.75) is 27.2 Å². The van der Waals surface area contributed by atoms with Gasteiger partial charge in [0.2, 0.25) is 0 Å². The van der Waals surface area contributed by atoms with E-state index in [9.17, 15) is 0 Å². The average Bonchev–Trinajstić information content (AvgIpc) is 2.04. The highest BCUT2D eigenvalue weighted by atomic mass is 32.2. The Bertz CT molecular complexity index is 95.8. The molecule has 0 saturated carbocycles. The molecular weight excluding hydrogens is 166 g/mol. The minimum Gasteiger partial charge on any atom is -0.316 e. The van der Waals surface area contributed by atoms with Crippen LogP contribution in [0.25, 0.3) is 0 Å². The van der Waals surface area contributed by atoms with E-state index in [0.29, 0.717) is 0 Å². The van der Waals surface area contributed by atoms with Crippen molar-refractivity contribution in [3.8, 4) is 0 Å². The zero-order chi connectivity index (χ0) is 9.40. The van der Waals surface area contributed by atoms with Crippen LogP contribution in [0.1, 0.15) is 27.2 Å². The van der Waals surface area contributed by atoms with E-state index in [-0.39, 0.29) is 0 Å². The van der Waals surface area contributed by atoms with Crippen LogP contribution in [0.4, 0.5) is 0 Å². The number of hydrogen-bond acceptors (Lipinski definition) is 2. The monoisotopic (exact) mass is 189 g/mol. The first kappa shape index (κ1) is 12.3. The predicted octanol–water partition coefficient (Wildman–Crippen LogP) is 2.62. The molecule has 0 aliphatic rings. The topological polar surface area (TPSA) is 12.0 Å². The van der Waals surface area contributed by atoms with Crippen LogP contribution in [-0.2, 0) is 0 Å². The molecule has 74 valence electrons. The number of hydrogen-bond donors (Lipinski definition) is 1. The summed E-state index contributed by atoms with van der Waals surface area (Å²) >= 11 is 1.93. The zero-order valence-corrected chi connectivity index (χ0v) is 9.71. The first-order chi connectivity index (χ1) is 5.70. The molecule has 1 N–H and O–H groups in total. The molecule has 0 fully saturated rings. The molecule has 0 spiro atoms. The third kappa shape index (κ3) is 6.99. The van der Waals surface area contributed by atoms with Crippen molar-refractivity contribution in [2.24, 2.45) is 11.8 Å². The van der Waals surface area contributed by atoms with Crippen LogP contribution in [0.3, 0.4) is 0 Å². The van der Waals surface area contributed by atoms with Crippen LogP contribution >= 0.6 is 11.8 Å². The molecule has 0 aromatic rings. The molecule has 0 aromatic carbocycles. The Hall–Kier alpha value is 0.310. The van der Waals surface area contributed by atoms with Gasteiger partial charge in [0.05, 0.1) is 0 Å². The fourth-order valence-electron chi connectivity index (χ4n) is 1.06. The minimum absolute atomic E-state index is 0.809. The van der Waals surface area contributed by atoms with E-state index in [1.807, 2.05) is 11.8 Å². The van der Waals surface area contributed by atoms with Gasteiger partial charge in [0.15, 0.2) is 0 Å². The normalized spacial score (nSPS) is 16.0. The molecule has 2 heteroatoms. The summed E-state index contributed by atoms with van der Waals surface area (Å²) in [5, 5.41) is 3.51. The summed E-state index contributed by atoms with van der Waals surface area (Å²) < 4.78 is 0. The van der Waals surface area contributed by atoms with Crippen LogP contribution in [-0.4, -0.2) is 25.1 Å². The lowest BCUT2D eigenvalue weighted by Gasteiger charge is -2.13. The van der Waals surface area contributed by atoms with Gasteiger partial charge in [-0.15, -0.1) is 0 Å². The quantitative estimate of drug-likeness (QED) is 0.661. The van der Waals surface area contributed by atoms with Crippen LogP contribution in [0.2, 0.25) is 0 Å². The number of nitrogens with one attached hydrogen (secondary N) is 1. The summed E-state index contributed by atoms with van der Waals surface area (Å²) in [6.45, 7) is 9.20. The van der Waals surface area contributed by atoms with Gasteiger partial charge in [0, 0.05) is 0 Å². The molecule has 0 bridgehead atoms. The molecule has 0 radical (unpaired) electrons. The van der Waals surface area contributed by atoms with Crippen molar-refractivity contribution < 1.29 is 0 Å². The van der Waals surface area contributed by atoms with Gasteiger partial charge in [-0.1, -0.05) is 27.2 Å². The minimum atomic E-state index is 0.809. The first-order valence-electron chi connectivity index (χ1n) is 4.90. The Labute approximate surface area is 81.7 Å². The first-order valence-corrected chi connectivity index (χ1v) is 6.29. The highest BCUT2D eigenvalue weighted by molar-refractivity contribution is 7.98. The highest BCUT2D eigenvalue weighted by Crippen LogP contribution is 2.03. The van der Waals surface area contributed by atoms with Crippen molar-refractivity contribution in [1.82, 2.24) is 5.32 Å². The van der Waals surface area contributed by atoms with E-state index in [1.165, 1.54) is 25.3 Å². The van der Waals surface area contributed by atoms with Crippen molar-refractivity contribution in [3.05, 3.63) is 0 Å². The van der Waals surface area contributed by atoms with Gasteiger partial charge in [-0.05, 0) is 36.9 Å². The number of rotatable bonds is 7. The van der Waals surface area contributed by atoms with E-state index in [0.717, 1.165) is 11.8 Å². The SMILES string of the molecule is CCC(C)CNCC(C)CSC. The smallest absolute Gasteiger partial charge is 0.00152 e. The molecule has 0 heterocycles. The molecule has 0 aliphatic carbocycles. The summed E-state index contributed by atoms with van der Waals surface area (Å²) in [5.74, 6) is 2.91. The Kier molecular flexibility index (Phi) is 8.14. The molecule has 0 aromatic heterocycles. The fourth-order valence-corrected chi connectivity index (χ4v) is 1.75. The second kappa shape index (κ2) is 7.93. The van der Waals surface area contributed by atoms with Crippen LogP contribution in [0.5, 0.6) is 0 Å². The molecule has 1 nitrogen and oxygen atoms in total. The van der Waals surface area contributed by atoms with Gasteiger partial charge < -0.3 is 5.32 Å². The Balaban J connectivity index is 3.18. The van der Waals surface area contributed by atoms with E-state index in [1.54, 1.807) is 0 Å². The van der Waals surface area contributed by atoms with Crippen LogP contribution in [0, 0.1) is 11.8 Å². The molecule has 2 unspecified atom stereocenters. The second-order valence-electron chi connectivity index (χ2n) is 3.73. The van der Waals surface area contributed by atoms with Gasteiger partial charge >= 0.3 is 0 Å². The Morgan fingerprint density at radius 1 is 1.17 bits per heavy atom. The highest BCUT2D eigenvalue weighted by Gasteiger charge is 2.01. The molecule has 0 aliphatic heterocycles. The van der Waals surface area contributed by atoms with Crippen LogP contribution in [0.15, 0.2) is 0 Å². The summed E-state index contributed by atoms with van der Waals surface area (Å²) in [6, 6.07) is 0. The van der Waals surface area contributed by atoms with E-state index < -0.39 is 0 Å². The lowest BCUT2D eigenvalue weighted by molar-refractivity contribution is 0.469. The molecule has 12 heavy (non-hydrogen) atoms. The molecule has 2 atom stereocenters. The number of thioether (sulfide) groups is 1. The maximum Gasteiger partial charge on any atom is -0.00152 e. The van der Waals surface area contributed by atoms with Crippen LogP contribution < -0.4 is 5.32 Å². The Morgan fingerprint density at radius 2 is 1.75 bits per heavy atom. The zero-order valence-electron chi connectivity index (χ0n) is 8.89. The summed E-state index contributed by atoms with van der Waals surface area (Å²) in [4.78, 5) is 0. The third-order valence-electron chi connectivity index (χ3n) is 2.13. The van der Waals surface area contributed by atoms with E-state index >= 15 is 0 Å². The molecular formula is C10H23NS. The van der Waals surface area contributed by atoms with E-state index in [4.69, 9.17) is 0 Å². The van der Waals surface area contributed by atoms with Gasteiger partial charge in [-0.3, -0.25) is 0 Å². The largest absolute Gasteiger partial charge is 0.316 e. The molecule has 0 rings (SSSR count). The van der Waals surface area contributed by atoms with Gasteiger partial charge in [-0.2, -0.15) is 11.8 Å². The summed E-state index contributed by atoms with van der Waals surface area (Å²) in [6.07, 6.45) is 3.45. The maximum absolute atomic E-state index is 3.51. The van der Waals surface area contributed by atoms with E-state index in [2.05, 4.69) is 32.3 Å². The Morgan fingerprint density at radius 3 is 2.25 bits per heavy atom. The predicted molar refractivity (Wildman–Crippen MR) is 59.9 cm³/mol. The summed E-state index contributed by atoms with van der Waals surface area (Å²) in [5.41, 5.74) is 0. The van der Waals surface area contributed by atoms with Crippen molar-refractivity contribution >= 4 is 11.8 Å². The van der Waals surface area contributed by atoms with Crippen molar-refractivity contribution in [1.29, 1.82) is 0 Å². The maximum atomic E-state index is 3.51. The summed E-state index contributed by atoms with van der Waals surface area (Å²) in [7, 11) is 0. The molecule has 0 saturated heterocycles. The average molecular weight is 189 g/mol. The van der Waals surface area contributed by atoms with Crippen molar-refractivity contribution in [3.63, 3.8) is 0 Å². The van der Waals surface area contributed by atoms with Gasteiger partial charge in [0.25, 0.3) is 0 Å². The fraction of sp³-hybridized carbons (Fsp3) is 1.00. The van der Waals surface area contributed by atoms with Crippen molar-refractivity contribution in [2.75, 3.05) is 25.1 Å². The lowest BCUT2D eigenvalue weighted by Crippen LogP contribution is -2.26.